The number of benzene rings is 2. The minimum atomic E-state index is 0.125. The van der Waals surface area contributed by atoms with Gasteiger partial charge in [0.25, 0.3) is 5.91 Å². The highest BCUT2D eigenvalue weighted by molar-refractivity contribution is 5.95. The van der Waals surface area contributed by atoms with Gasteiger partial charge in [0.1, 0.15) is 11.6 Å². The molecule has 2 heterocycles. The molecule has 0 spiro atoms. The van der Waals surface area contributed by atoms with E-state index in [4.69, 9.17) is 4.74 Å². The molecule has 3 atom stereocenters. The number of pyridine rings is 1. The minimum Gasteiger partial charge on any atom is -0.497 e. The molecule has 2 N–H and O–H groups in total. The number of ether oxygens (including phenoxy) is 1. The summed E-state index contributed by atoms with van der Waals surface area (Å²) >= 11 is 0. The van der Waals surface area contributed by atoms with Crippen LogP contribution in [-0.2, 0) is 6.54 Å². The van der Waals surface area contributed by atoms with Crippen molar-refractivity contribution in [1.29, 1.82) is 0 Å². The molecule has 3 aromatic rings. The fourth-order valence-electron chi connectivity index (χ4n) is 5.15. The molecule has 6 heteroatoms. The highest BCUT2D eigenvalue weighted by atomic mass is 16.5. The smallest absolute Gasteiger partial charge is 0.253 e. The van der Waals surface area contributed by atoms with Gasteiger partial charge in [0.05, 0.1) is 7.11 Å². The van der Waals surface area contributed by atoms with Crippen molar-refractivity contribution in [3.05, 3.63) is 83.0 Å². The number of amides is 1. The first-order valence-electron chi connectivity index (χ1n) is 12.0. The first kappa shape index (κ1) is 22.3. The molecule has 5 rings (SSSR count). The Labute approximate surface area is 201 Å². The van der Waals surface area contributed by atoms with Gasteiger partial charge in [-0.1, -0.05) is 24.3 Å². The van der Waals surface area contributed by atoms with E-state index in [-0.39, 0.29) is 5.91 Å². The van der Waals surface area contributed by atoms with Gasteiger partial charge in [-0.25, -0.2) is 4.98 Å². The molecule has 1 aliphatic carbocycles. The molecule has 1 saturated heterocycles. The quantitative estimate of drug-likeness (QED) is 0.503. The van der Waals surface area contributed by atoms with Gasteiger partial charge in [-0.15, -0.1) is 0 Å². The Kier molecular flexibility index (Phi) is 6.14. The predicted molar refractivity (Wildman–Crippen MR) is 136 cm³/mol. The van der Waals surface area contributed by atoms with E-state index in [0.29, 0.717) is 24.3 Å². The number of anilines is 2. The zero-order chi connectivity index (χ0) is 23.7. The predicted octanol–water partition coefficient (Wildman–Crippen LogP) is 4.93. The van der Waals surface area contributed by atoms with E-state index >= 15 is 0 Å². The third-order valence-corrected chi connectivity index (χ3v) is 7.13. The summed E-state index contributed by atoms with van der Waals surface area (Å²) in [4.78, 5) is 19.7. The minimum absolute atomic E-state index is 0.125. The number of methoxy groups -OCH3 is 1. The number of hydrogen-bond acceptors (Lipinski definition) is 5. The van der Waals surface area contributed by atoms with E-state index in [1.54, 1.807) is 7.11 Å². The van der Waals surface area contributed by atoms with E-state index in [1.807, 2.05) is 47.5 Å². The van der Waals surface area contributed by atoms with Gasteiger partial charge in [0.15, 0.2) is 0 Å². The Morgan fingerprint density at radius 2 is 1.82 bits per heavy atom. The number of aryl methyl sites for hydroxylation is 1. The lowest BCUT2D eigenvalue weighted by Gasteiger charge is -2.21. The molecule has 2 fully saturated rings. The van der Waals surface area contributed by atoms with Crippen LogP contribution in [0.1, 0.15) is 39.9 Å². The van der Waals surface area contributed by atoms with Crippen LogP contribution in [0.15, 0.2) is 60.8 Å². The van der Waals surface area contributed by atoms with Crippen LogP contribution in [0.25, 0.3) is 0 Å². The molecule has 0 radical (unpaired) electrons. The van der Waals surface area contributed by atoms with E-state index in [1.165, 1.54) is 5.56 Å². The second-order valence-electron chi connectivity index (χ2n) is 9.30. The topological polar surface area (TPSA) is 66.5 Å². The molecule has 1 aliphatic heterocycles. The molecule has 176 valence electrons. The summed E-state index contributed by atoms with van der Waals surface area (Å²) < 4.78 is 5.27. The van der Waals surface area contributed by atoms with Crippen LogP contribution in [0.3, 0.4) is 0 Å². The van der Waals surface area contributed by atoms with Crippen LogP contribution in [0.2, 0.25) is 0 Å². The van der Waals surface area contributed by atoms with Crippen molar-refractivity contribution in [2.75, 3.05) is 37.4 Å². The van der Waals surface area contributed by atoms with E-state index in [2.05, 4.69) is 47.7 Å². The Balaban J connectivity index is 1.19. The highest BCUT2D eigenvalue weighted by Gasteiger charge is 2.57. The molecule has 2 aromatic carbocycles. The lowest BCUT2D eigenvalue weighted by molar-refractivity contribution is 0.0773. The van der Waals surface area contributed by atoms with Crippen molar-refractivity contribution in [3.8, 4) is 5.75 Å². The fourth-order valence-corrected chi connectivity index (χ4v) is 5.15. The van der Waals surface area contributed by atoms with Gasteiger partial charge < -0.3 is 20.3 Å². The summed E-state index contributed by atoms with van der Waals surface area (Å²) in [6.07, 6.45) is 1.88. The number of aromatic nitrogens is 1. The van der Waals surface area contributed by atoms with E-state index in [9.17, 15) is 4.79 Å². The number of carbonyl (C=O) groups excluding carboxylic acids is 1. The van der Waals surface area contributed by atoms with Crippen LogP contribution in [0.5, 0.6) is 5.75 Å². The molecule has 0 bridgehead atoms. The SMILES string of the molecule is CCNc1ccc(CNc2cc(C(=O)N3CC4[C@H](C3)[C@H]4c3ccc(OC)cc3)ccc2C)cn1. The average molecular weight is 457 g/mol. The Morgan fingerprint density at radius 3 is 2.47 bits per heavy atom. The van der Waals surface area contributed by atoms with Crippen molar-refractivity contribution in [1.82, 2.24) is 9.88 Å². The van der Waals surface area contributed by atoms with Crippen molar-refractivity contribution >= 4 is 17.4 Å². The summed E-state index contributed by atoms with van der Waals surface area (Å²) in [6.45, 7) is 7.30. The normalized spacial score (nSPS) is 20.6. The maximum atomic E-state index is 13.2. The molecule has 1 aromatic heterocycles. The Hall–Kier alpha value is -3.54. The molecule has 34 heavy (non-hydrogen) atoms. The summed E-state index contributed by atoms with van der Waals surface area (Å²) in [6, 6.07) is 18.4. The molecular weight excluding hydrogens is 424 g/mol. The number of hydrogen-bond donors (Lipinski definition) is 2. The van der Waals surface area contributed by atoms with Crippen LogP contribution in [-0.4, -0.2) is 42.5 Å². The zero-order valence-corrected chi connectivity index (χ0v) is 20.0. The third kappa shape index (κ3) is 4.45. The number of nitrogens with one attached hydrogen (secondary N) is 2. The van der Waals surface area contributed by atoms with Crippen LogP contribution >= 0.6 is 0 Å². The lowest BCUT2D eigenvalue weighted by Crippen LogP contribution is -2.31. The number of carbonyl (C=O) groups is 1. The van der Waals surface area contributed by atoms with Crippen molar-refractivity contribution in [2.45, 2.75) is 26.3 Å². The molecule has 6 nitrogen and oxygen atoms in total. The van der Waals surface area contributed by atoms with E-state index in [0.717, 1.165) is 53.6 Å². The molecule has 1 unspecified atom stereocenters. The second-order valence-corrected chi connectivity index (χ2v) is 9.30. The largest absolute Gasteiger partial charge is 0.497 e. The van der Waals surface area contributed by atoms with Gasteiger partial charge in [-0.05, 0) is 78.6 Å². The number of likely N-dealkylation sites (tertiary alicyclic amines) is 1. The van der Waals surface area contributed by atoms with E-state index < -0.39 is 0 Å². The molecule has 1 saturated carbocycles. The van der Waals surface area contributed by atoms with Crippen LogP contribution in [0, 0.1) is 18.8 Å². The molecule has 2 aliphatic rings. The number of piperidine rings is 1. The third-order valence-electron chi connectivity index (χ3n) is 7.13. The lowest BCUT2D eigenvalue weighted by atomic mass is 10.1. The number of fused-ring (bicyclic) bond motifs is 1. The van der Waals surface area contributed by atoms with Crippen molar-refractivity contribution in [2.24, 2.45) is 11.8 Å². The van der Waals surface area contributed by atoms with Gasteiger partial charge in [-0.3, -0.25) is 4.79 Å². The summed E-state index contributed by atoms with van der Waals surface area (Å²) in [5.74, 6) is 3.60. The van der Waals surface area contributed by atoms with Crippen molar-refractivity contribution < 1.29 is 9.53 Å². The molecular formula is C28H32N4O2. The highest BCUT2D eigenvalue weighted by Crippen LogP contribution is 2.58. The first-order chi connectivity index (χ1) is 16.6. The zero-order valence-electron chi connectivity index (χ0n) is 20.0. The van der Waals surface area contributed by atoms with Crippen LogP contribution in [0.4, 0.5) is 11.5 Å². The number of rotatable bonds is 8. The fraction of sp³-hybridized carbons (Fsp3) is 0.357. The average Bonchev–Trinajstić information content (AvgIpc) is 3.36. The maximum absolute atomic E-state index is 13.2. The maximum Gasteiger partial charge on any atom is 0.253 e. The van der Waals surface area contributed by atoms with Gasteiger partial charge in [0, 0.05) is 43.6 Å². The van der Waals surface area contributed by atoms with Gasteiger partial charge >= 0.3 is 0 Å². The number of nitrogens with zero attached hydrogens (tertiary/aromatic N) is 2. The van der Waals surface area contributed by atoms with Gasteiger partial charge in [0.2, 0.25) is 0 Å². The summed E-state index contributed by atoms with van der Waals surface area (Å²) in [5.41, 5.74) is 5.32. The first-order valence-corrected chi connectivity index (χ1v) is 12.0. The Morgan fingerprint density at radius 1 is 1.06 bits per heavy atom. The van der Waals surface area contributed by atoms with Crippen LogP contribution < -0.4 is 15.4 Å². The second kappa shape index (κ2) is 9.37. The standard InChI is InChI=1S/C28H32N4O2/c1-4-29-26-12-6-19(15-31-26)14-30-25-13-21(7-5-18(25)2)28(33)32-16-23-24(17-32)27(23)20-8-10-22(34-3)11-9-20/h5-13,15,23-24,27,30H,4,14,16-17H2,1-3H3,(H,29,31)/t23-,24?,27+/m0/s1. The van der Waals surface area contributed by atoms with Crippen molar-refractivity contribution in [3.63, 3.8) is 0 Å². The monoisotopic (exact) mass is 456 g/mol. The summed E-state index contributed by atoms with van der Waals surface area (Å²) in [7, 11) is 1.69. The summed E-state index contributed by atoms with van der Waals surface area (Å²) in [5, 5.41) is 6.69. The Bertz CT molecular complexity index is 1150. The molecule has 1 amide bonds. The van der Waals surface area contributed by atoms with Gasteiger partial charge in [-0.2, -0.15) is 0 Å².